The fourth-order valence-electron chi connectivity index (χ4n) is 1.67. The lowest BCUT2D eigenvalue weighted by atomic mass is 10.2. The Morgan fingerprint density at radius 3 is 2.67 bits per heavy atom. The van der Waals surface area contributed by atoms with Crippen LogP contribution in [0.3, 0.4) is 0 Å². The van der Waals surface area contributed by atoms with Crippen LogP contribution in [0.2, 0.25) is 0 Å². The van der Waals surface area contributed by atoms with Crippen molar-refractivity contribution in [3.8, 4) is 5.75 Å². The van der Waals surface area contributed by atoms with Crippen molar-refractivity contribution in [1.29, 1.82) is 0 Å². The first-order chi connectivity index (χ1) is 10.2. The molecule has 0 spiro atoms. The first-order valence-electron chi connectivity index (χ1n) is 6.36. The lowest BCUT2D eigenvalue weighted by Gasteiger charge is -2.08. The molecule has 0 unspecified atom stereocenters. The van der Waals surface area contributed by atoms with Crippen LogP contribution in [0.25, 0.3) is 0 Å². The lowest BCUT2D eigenvalue weighted by Crippen LogP contribution is -2.04. The maximum Gasteiger partial charge on any atom is 0.324 e. The number of rotatable bonds is 8. The van der Waals surface area contributed by atoms with E-state index in [4.69, 9.17) is 9.47 Å². The Balaban J connectivity index is 1.83. The highest BCUT2D eigenvalue weighted by Crippen LogP contribution is 2.23. The van der Waals surface area contributed by atoms with E-state index >= 15 is 0 Å². The van der Waals surface area contributed by atoms with Gasteiger partial charge >= 0.3 is 5.00 Å². The molecule has 21 heavy (non-hydrogen) atoms. The van der Waals surface area contributed by atoms with Gasteiger partial charge in [0.1, 0.15) is 12.4 Å². The topological polar surface area (TPSA) is 73.6 Å². The predicted molar refractivity (Wildman–Crippen MR) is 82.1 cm³/mol. The minimum Gasteiger partial charge on any atom is -0.491 e. The number of methoxy groups -OCH3 is 1. The Morgan fingerprint density at radius 2 is 2.05 bits per heavy atom. The van der Waals surface area contributed by atoms with E-state index in [1.54, 1.807) is 18.6 Å². The van der Waals surface area contributed by atoms with Gasteiger partial charge in [-0.05, 0) is 29.8 Å². The van der Waals surface area contributed by atoms with Crippen LogP contribution in [-0.2, 0) is 11.3 Å². The highest BCUT2D eigenvalue weighted by molar-refractivity contribution is 7.13. The van der Waals surface area contributed by atoms with Crippen molar-refractivity contribution < 1.29 is 14.4 Å². The molecule has 1 N–H and O–H groups in total. The molecule has 0 atom stereocenters. The minimum absolute atomic E-state index is 0.161. The highest BCUT2D eigenvalue weighted by Gasteiger charge is 2.09. The maximum absolute atomic E-state index is 10.6. The molecule has 7 heteroatoms. The average molecular weight is 308 g/mol. The second-order valence-electron chi connectivity index (χ2n) is 4.27. The van der Waals surface area contributed by atoms with E-state index < -0.39 is 0 Å². The van der Waals surface area contributed by atoms with Crippen molar-refractivity contribution >= 4 is 22.0 Å². The molecule has 112 valence electrons. The van der Waals surface area contributed by atoms with Crippen LogP contribution in [0.4, 0.5) is 10.7 Å². The molecule has 0 aliphatic heterocycles. The molecule has 0 saturated carbocycles. The fraction of sp³-hybridized carbons (Fsp3) is 0.286. The Morgan fingerprint density at radius 1 is 1.29 bits per heavy atom. The molecule has 0 bridgehead atoms. The number of nitrogens with zero attached hydrogens (tertiary/aromatic N) is 1. The monoisotopic (exact) mass is 308 g/mol. The normalized spacial score (nSPS) is 10.3. The van der Waals surface area contributed by atoms with E-state index in [1.807, 2.05) is 24.3 Å². The van der Waals surface area contributed by atoms with Gasteiger partial charge in [0.05, 0.1) is 11.5 Å². The Labute approximate surface area is 126 Å². The van der Waals surface area contributed by atoms with E-state index in [-0.39, 0.29) is 9.92 Å². The number of hydrogen-bond donors (Lipinski definition) is 1. The van der Waals surface area contributed by atoms with Crippen molar-refractivity contribution in [2.45, 2.75) is 6.54 Å². The lowest BCUT2D eigenvalue weighted by molar-refractivity contribution is -0.380. The average Bonchev–Trinajstić information content (AvgIpc) is 2.96. The van der Waals surface area contributed by atoms with Crippen LogP contribution >= 0.6 is 11.3 Å². The maximum atomic E-state index is 10.6. The molecule has 0 saturated heterocycles. The number of anilines is 1. The van der Waals surface area contributed by atoms with Crippen molar-refractivity contribution in [3.05, 3.63) is 51.4 Å². The summed E-state index contributed by atoms with van der Waals surface area (Å²) in [6.45, 7) is 1.62. The van der Waals surface area contributed by atoms with E-state index in [1.165, 1.54) is 0 Å². The second-order valence-corrected chi connectivity index (χ2v) is 5.16. The summed E-state index contributed by atoms with van der Waals surface area (Å²) in [5.74, 6) is 0.781. The summed E-state index contributed by atoms with van der Waals surface area (Å²) in [4.78, 5) is 10.2. The summed E-state index contributed by atoms with van der Waals surface area (Å²) in [5.41, 5.74) is 1.83. The minimum atomic E-state index is -0.375. The van der Waals surface area contributed by atoms with Crippen molar-refractivity contribution in [2.75, 3.05) is 25.6 Å². The molecule has 1 aromatic carbocycles. The second kappa shape index (κ2) is 7.61. The summed E-state index contributed by atoms with van der Waals surface area (Å²) in [6.07, 6.45) is 0. The van der Waals surface area contributed by atoms with Crippen molar-refractivity contribution in [3.63, 3.8) is 0 Å². The van der Waals surface area contributed by atoms with Gasteiger partial charge in [-0.3, -0.25) is 10.1 Å². The molecule has 2 rings (SSSR count). The summed E-state index contributed by atoms with van der Waals surface area (Å²) in [7, 11) is 1.63. The van der Waals surface area contributed by atoms with Gasteiger partial charge in [0.15, 0.2) is 0 Å². The SMILES string of the molecule is COCCOc1ccc(NCc2csc([N+](=O)[O-])c2)cc1. The van der Waals surface area contributed by atoms with Crippen LogP contribution in [0.1, 0.15) is 5.56 Å². The number of hydrogen-bond acceptors (Lipinski definition) is 6. The number of nitrogens with one attached hydrogen (secondary N) is 1. The Bertz CT molecular complexity index is 583. The van der Waals surface area contributed by atoms with Gasteiger partial charge in [0.25, 0.3) is 0 Å². The first-order valence-corrected chi connectivity index (χ1v) is 7.24. The molecule has 2 aromatic rings. The zero-order valence-corrected chi connectivity index (χ0v) is 12.4. The Kier molecular flexibility index (Phi) is 5.53. The summed E-state index contributed by atoms with van der Waals surface area (Å²) in [5, 5.41) is 15.8. The zero-order valence-electron chi connectivity index (χ0n) is 11.6. The predicted octanol–water partition coefficient (Wildman–Crippen LogP) is 3.29. The molecular formula is C14H16N2O4S. The molecule has 0 fully saturated rings. The van der Waals surface area contributed by atoms with Gasteiger partial charge in [0.2, 0.25) is 0 Å². The third-order valence-corrected chi connectivity index (χ3v) is 3.66. The third kappa shape index (κ3) is 4.73. The van der Waals surface area contributed by atoms with Crippen LogP contribution in [0.15, 0.2) is 35.7 Å². The summed E-state index contributed by atoms with van der Waals surface area (Å²) >= 11 is 1.14. The van der Waals surface area contributed by atoms with E-state index in [9.17, 15) is 10.1 Å². The molecule has 0 amide bonds. The van der Waals surface area contributed by atoms with Gasteiger partial charge in [-0.1, -0.05) is 11.3 Å². The van der Waals surface area contributed by atoms with Gasteiger partial charge in [0, 0.05) is 30.8 Å². The molecule has 0 radical (unpaired) electrons. The third-order valence-electron chi connectivity index (χ3n) is 2.73. The van der Waals surface area contributed by atoms with Gasteiger partial charge < -0.3 is 14.8 Å². The summed E-state index contributed by atoms with van der Waals surface area (Å²) < 4.78 is 10.4. The van der Waals surface area contributed by atoms with Crippen LogP contribution in [0, 0.1) is 10.1 Å². The molecule has 0 aliphatic rings. The standard InChI is InChI=1S/C14H16N2O4S/c1-19-6-7-20-13-4-2-12(3-5-13)15-9-11-8-14(16(17)18)21-10-11/h2-5,8,10,15H,6-7,9H2,1H3. The van der Waals surface area contributed by atoms with E-state index in [2.05, 4.69) is 5.32 Å². The number of thiophene rings is 1. The van der Waals surface area contributed by atoms with E-state index in [0.29, 0.717) is 19.8 Å². The largest absolute Gasteiger partial charge is 0.491 e. The zero-order chi connectivity index (χ0) is 15.1. The molecule has 1 aromatic heterocycles. The quantitative estimate of drug-likeness (QED) is 0.460. The Hall–Kier alpha value is -2.12. The molecule has 0 aliphatic carbocycles. The smallest absolute Gasteiger partial charge is 0.324 e. The number of benzene rings is 1. The molecular weight excluding hydrogens is 292 g/mol. The van der Waals surface area contributed by atoms with Gasteiger partial charge in [-0.2, -0.15) is 0 Å². The number of ether oxygens (including phenoxy) is 2. The van der Waals surface area contributed by atoms with E-state index in [0.717, 1.165) is 28.3 Å². The van der Waals surface area contributed by atoms with Crippen LogP contribution in [0.5, 0.6) is 5.75 Å². The number of nitro groups is 1. The van der Waals surface area contributed by atoms with Gasteiger partial charge in [-0.15, -0.1) is 0 Å². The highest BCUT2D eigenvalue weighted by atomic mass is 32.1. The first kappa shape index (κ1) is 15.3. The van der Waals surface area contributed by atoms with Crippen LogP contribution in [-0.4, -0.2) is 25.2 Å². The van der Waals surface area contributed by atoms with Gasteiger partial charge in [-0.25, -0.2) is 0 Å². The molecule has 1 heterocycles. The summed E-state index contributed by atoms with van der Waals surface area (Å²) in [6, 6.07) is 9.13. The molecule has 6 nitrogen and oxygen atoms in total. The van der Waals surface area contributed by atoms with Crippen LogP contribution < -0.4 is 10.1 Å². The van der Waals surface area contributed by atoms with Crippen molar-refractivity contribution in [1.82, 2.24) is 0 Å². The fourth-order valence-corrected chi connectivity index (χ4v) is 2.40. The van der Waals surface area contributed by atoms with Crippen molar-refractivity contribution in [2.24, 2.45) is 0 Å².